The predicted octanol–water partition coefficient (Wildman–Crippen LogP) is 3.15. The summed E-state index contributed by atoms with van der Waals surface area (Å²) in [5, 5.41) is 14.8. The lowest BCUT2D eigenvalue weighted by molar-refractivity contribution is -0.00219. The van der Waals surface area contributed by atoms with Crippen molar-refractivity contribution in [1.29, 1.82) is 0 Å². The molecule has 0 bridgehead atoms. The Balaban J connectivity index is 1.08. The van der Waals surface area contributed by atoms with Crippen LogP contribution in [0.25, 0.3) is 0 Å². The van der Waals surface area contributed by atoms with Crippen LogP contribution < -0.4 is 10.6 Å². The molecule has 5 rings (SSSR count). The van der Waals surface area contributed by atoms with Gasteiger partial charge in [-0.1, -0.05) is 47.7 Å². The number of hydrogen-bond acceptors (Lipinski definition) is 5. The number of hydrogen-bond donors (Lipinski definition) is 2. The van der Waals surface area contributed by atoms with Crippen LogP contribution in [0.5, 0.6) is 0 Å². The minimum Gasteiger partial charge on any atom is -0.365 e. The van der Waals surface area contributed by atoms with Crippen molar-refractivity contribution in [3.8, 4) is 0 Å². The molecule has 1 atom stereocenters. The fourth-order valence-corrected chi connectivity index (χ4v) is 4.53. The minimum absolute atomic E-state index is 0.123. The van der Waals surface area contributed by atoms with E-state index in [9.17, 15) is 9.18 Å². The number of nitrogens with one attached hydrogen (secondary N) is 2. The van der Waals surface area contributed by atoms with Crippen LogP contribution in [0.2, 0.25) is 0 Å². The van der Waals surface area contributed by atoms with Crippen LogP contribution in [-0.4, -0.2) is 45.1 Å². The number of nitrogens with zero attached hydrogens (tertiary/aromatic N) is 4. The first-order valence-corrected chi connectivity index (χ1v) is 11.7. The molecular weight excluding hydrogens is 435 g/mol. The summed E-state index contributed by atoms with van der Waals surface area (Å²) >= 11 is 0. The quantitative estimate of drug-likeness (QED) is 0.586. The molecule has 1 fully saturated rings. The second-order valence-corrected chi connectivity index (χ2v) is 8.88. The summed E-state index contributed by atoms with van der Waals surface area (Å²) in [5.74, 6) is -0.255. The third kappa shape index (κ3) is 5.43. The molecule has 0 spiro atoms. The second-order valence-electron chi connectivity index (χ2n) is 8.88. The third-order valence-corrected chi connectivity index (χ3v) is 6.51. The molecule has 0 unspecified atom stereocenters. The molecule has 0 radical (unpaired) electrons. The lowest BCUT2D eigenvalue weighted by Crippen LogP contribution is -2.47. The average Bonchev–Trinajstić information content (AvgIpc) is 3.27. The molecule has 3 aromatic rings. The van der Waals surface area contributed by atoms with Crippen LogP contribution in [0.1, 0.15) is 41.5 Å². The largest absolute Gasteiger partial charge is 0.365 e. The molecule has 2 amide bonds. The summed E-state index contributed by atoms with van der Waals surface area (Å²) < 4.78 is 21.1. The SMILES string of the molecule is O=C(NCc1ccccc1)NC1CCN(Cc2nnn3c2CO[C@@H](c2ccc(F)cc2)C3)CC1. The van der Waals surface area contributed by atoms with Crippen molar-refractivity contribution in [2.75, 3.05) is 13.1 Å². The van der Waals surface area contributed by atoms with Crippen LogP contribution in [-0.2, 0) is 31.0 Å². The number of fused-ring (bicyclic) bond motifs is 1. The van der Waals surface area contributed by atoms with Crippen molar-refractivity contribution in [2.24, 2.45) is 0 Å². The maximum atomic E-state index is 13.2. The van der Waals surface area contributed by atoms with E-state index in [2.05, 4.69) is 25.8 Å². The van der Waals surface area contributed by atoms with Gasteiger partial charge in [-0.05, 0) is 36.1 Å². The highest BCUT2D eigenvalue weighted by Crippen LogP contribution is 2.27. The molecule has 2 aromatic carbocycles. The number of likely N-dealkylation sites (tertiary alicyclic amines) is 1. The number of halogens is 1. The third-order valence-electron chi connectivity index (χ3n) is 6.51. The summed E-state index contributed by atoms with van der Waals surface area (Å²) in [7, 11) is 0. The van der Waals surface area contributed by atoms with Gasteiger partial charge in [-0.25, -0.2) is 13.9 Å². The molecule has 2 N–H and O–H groups in total. The van der Waals surface area contributed by atoms with Gasteiger partial charge in [0.2, 0.25) is 0 Å². The van der Waals surface area contributed by atoms with Gasteiger partial charge in [0.05, 0.1) is 18.8 Å². The molecule has 0 aliphatic carbocycles. The molecular formula is C25H29FN6O2. The first-order valence-electron chi connectivity index (χ1n) is 11.7. The molecule has 2 aliphatic rings. The van der Waals surface area contributed by atoms with Crippen molar-refractivity contribution < 1.29 is 13.9 Å². The van der Waals surface area contributed by atoms with E-state index in [4.69, 9.17) is 4.74 Å². The van der Waals surface area contributed by atoms with Gasteiger partial charge in [-0.3, -0.25) is 4.90 Å². The van der Waals surface area contributed by atoms with E-state index in [1.54, 1.807) is 12.1 Å². The Morgan fingerprint density at radius 2 is 1.85 bits per heavy atom. The number of carbonyl (C=O) groups is 1. The van der Waals surface area contributed by atoms with Gasteiger partial charge in [0, 0.05) is 32.2 Å². The van der Waals surface area contributed by atoms with Gasteiger partial charge in [-0.2, -0.15) is 0 Å². The van der Waals surface area contributed by atoms with Gasteiger partial charge in [0.25, 0.3) is 0 Å². The number of rotatable bonds is 6. The topological polar surface area (TPSA) is 84.3 Å². The number of piperidine rings is 1. The highest BCUT2D eigenvalue weighted by molar-refractivity contribution is 5.74. The Hall–Kier alpha value is -3.30. The zero-order valence-electron chi connectivity index (χ0n) is 19.0. The van der Waals surface area contributed by atoms with Gasteiger partial charge >= 0.3 is 6.03 Å². The molecule has 8 nitrogen and oxygen atoms in total. The average molecular weight is 465 g/mol. The van der Waals surface area contributed by atoms with Crippen molar-refractivity contribution in [3.63, 3.8) is 0 Å². The lowest BCUT2D eigenvalue weighted by Gasteiger charge is -2.32. The fourth-order valence-electron chi connectivity index (χ4n) is 4.53. The van der Waals surface area contributed by atoms with Crippen molar-refractivity contribution in [3.05, 3.63) is 82.9 Å². The van der Waals surface area contributed by atoms with E-state index in [0.717, 1.165) is 48.4 Å². The minimum atomic E-state index is -0.255. The highest BCUT2D eigenvalue weighted by Gasteiger charge is 2.27. The standard InChI is InChI=1S/C25H29FN6O2/c26-20-8-6-19(7-9-20)24-16-32-23(17-34-24)22(29-30-32)15-31-12-10-21(11-13-31)28-25(33)27-14-18-4-2-1-3-5-18/h1-9,21,24H,10-17H2,(H2,27,28,33)/t24-/m1/s1. The molecule has 1 aromatic heterocycles. The van der Waals surface area contributed by atoms with Crippen molar-refractivity contribution >= 4 is 6.03 Å². The summed E-state index contributed by atoms with van der Waals surface area (Å²) in [5.41, 5.74) is 3.95. The molecule has 2 aliphatic heterocycles. The summed E-state index contributed by atoms with van der Waals surface area (Å²) in [6.07, 6.45) is 1.63. The zero-order chi connectivity index (χ0) is 23.3. The van der Waals surface area contributed by atoms with Crippen LogP contribution in [0.4, 0.5) is 9.18 Å². The molecule has 178 valence electrons. The molecule has 34 heavy (non-hydrogen) atoms. The van der Waals surface area contributed by atoms with Crippen LogP contribution in [0.3, 0.4) is 0 Å². The van der Waals surface area contributed by atoms with E-state index in [1.165, 1.54) is 12.1 Å². The highest BCUT2D eigenvalue weighted by atomic mass is 19.1. The summed E-state index contributed by atoms with van der Waals surface area (Å²) in [6, 6.07) is 16.3. The Kier molecular flexibility index (Phi) is 6.82. The molecule has 9 heteroatoms. The normalized spacial score (nSPS) is 18.9. The number of aromatic nitrogens is 3. The van der Waals surface area contributed by atoms with Crippen molar-refractivity contribution in [1.82, 2.24) is 30.5 Å². The number of ether oxygens (including phenoxy) is 1. The van der Waals surface area contributed by atoms with Gasteiger partial charge in [0.1, 0.15) is 17.6 Å². The van der Waals surface area contributed by atoms with Gasteiger partial charge < -0.3 is 15.4 Å². The first kappa shape index (κ1) is 22.5. The summed E-state index contributed by atoms with van der Waals surface area (Å²) in [6.45, 7) is 4.01. The monoisotopic (exact) mass is 464 g/mol. The maximum Gasteiger partial charge on any atom is 0.315 e. The van der Waals surface area contributed by atoms with Crippen molar-refractivity contribution in [2.45, 2.75) is 51.2 Å². The van der Waals surface area contributed by atoms with E-state index in [1.807, 2.05) is 35.0 Å². The number of amides is 2. The number of carbonyl (C=O) groups excluding carboxylic acids is 1. The number of benzene rings is 2. The summed E-state index contributed by atoms with van der Waals surface area (Å²) in [4.78, 5) is 14.6. The van der Waals surface area contributed by atoms with E-state index < -0.39 is 0 Å². The Bertz CT molecular complexity index is 1100. The molecule has 1 saturated heterocycles. The van der Waals surface area contributed by atoms with Crippen LogP contribution in [0.15, 0.2) is 54.6 Å². The van der Waals surface area contributed by atoms with Crippen LogP contribution >= 0.6 is 0 Å². The lowest BCUT2D eigenvalue weighted by atomic mass is 10.0. The predicted molar refractivity (Wildman–Crippen MR) is 124 cm³/mol. The molecule has 3 heterocycles. The first-order chi connectivity index (χ1) is 16.6. The fraction of sp³-hybridized carbons (Fsp3) is 0.400. The van der Waals surface area contributed by atoms with E-state index in [-0.39, 0.29) is 24.0 Å². The van der Waals surface area contributed by atoms with Crippen LogP contribution in [0, 0.1) is 5.82 Å². The Morgan fingerprint density at radius 1 is 1.09 bits per heavy atom. The smallest absolute Gasteiger partial charge is 0.315 e. The Labute approximate surface area is 198 Å². The zero-order valence-corrected chi connectivity index (χ0v) is 19.0. The molecule has 0 saturated carbocycles. The van der Waals surface area contributed by atoms with Gasteiger partial charge in [0.15, 0.2) is 0 Å². The van der Waals surface area contributed by atoms with E-state index in [0.29, 0.717) is 26.2 Å². The number of urea groups is 1. The second kappa shape index (κ2) is 10.3. The van der Waals surface area contributed by atoms with E-state index >= 15 is 0 Å². The van der Waals surface area contributed by atoms with Gasteiger partial charge in [-0.15, -0.1) is 5.10 Å². The Morgan fingerprint density at radius 3 is 2.62 bits per heavy atom. The maximum absolute atomic E-state index is 13.2.